The van der Waals surface area contributed by atoms with Crippen LogP contribution in [0, 0.1) is 23.7 Å². The van der Waals surface area contributed by atoms with Crippen molar-refractivity contribution in [2.24, 2.45) is 23.7 Å². The van der Waals surface area contributed by atoms with Gasteiger partial charge >= 0.3 is 0 Å². The molecule has 4 saturated carbocycles. The summed E-state index contributed by atoms with van der Waals surface area (Å²) in [5.74, 6) is 3.16. The summed E-state index contributed by atoms with van der Waals surface area (Å²) >= 11 is 11.8. The molecule has 0 aromatic rings. The van der Waals surface area contributed by atoms with Crippen LogP contribution < -0.4 is 0 Å². The third-order valence-electron chi connectivity index (χ3n) is 4.03. The van der Waals surface area contributed by atoms with Gasteiger partial charge in [-0.25, -0.2) is 0 Å². The molecular formula is C10H13ClS. The van der Waals surface area contributed by atoms with Gasteiger partial charge in [-0.15, -0.1) is 11.6 Å². The minimum Gasteiger partial charge on any atom is -0.122 e. The molecule has 0 aliphatic heterocycles. The first-order valence-corrected chi connectivity index (χ1v) is 5.78. The summed E-state index contributed by atoms with van der Waals surface area (Å²) in [6, 6.07) is 0. The van der Waals surface area contributed by atoms with E-state index < -0.39 is 0 Å². The maximum Gasteiger partial charge on any atom is 0.0438 e. The van der Waals surface area contributed by atoms with Gasteiger partial charge in [0.25, 0.3) is 0 Å². The second kappa shape index (κ2) is 2.45. The van der Waals surface area contributed by atoms with Crippen LogP contribution in [-0.2, 0) is 0 Å². The van der Waals surface area contributed by atoms with E-state index >= 15 is 0 Å². The number of alkyl halides is 1. The smallest absolute Gasteiger partial charge is 0.0438 e. The third-order valence-corrected chi connectivity index (χ3v) is 5.33. The van der Waals surface area contributed by atoms with Crippen LogP contribution in [0.2, 0.25) is 0 Å². The second-order valence-corrected chi connectivity index (χ2v) is 5.69. The Kier molecular flexibility index (Phi) is 1.58. The number of rotatable bonds is 0. The normalized spacial score (nSPS) is 56.4. The molecule has 12 heavy (non-hydrogen) atoms. The predicted molar refractivity (Wildman–Crippen MR) is 54.7 cm³/mol. The standard InChI is InChI=1S/C10H13ClS/c11-9-6-1-5-2-7(4-6)10(12)8(9)3-5/h5-9H,1-4H2/t5?,6?,7?,8?,9-/m1/s1. The highest BCUT2D eigenvalue weighted by Gasteiger charge is 2.50. The molecule has 0 radical (unpaired) electrons. The molecule has 0 nitrogen and oxygen atoms in total. The molecule has 0 spiro atoms. The molecule has 4 unspecified atom stereocenters. The highest BCUT2D eigenvalue weighted by molar-refractivity contribution is 7.80. The lowest BCUT2D eigenvalue weighted by Gasteiger charge is -2.52. The Hall–Kier alpha value is 0.380. The maximum absolute atomic E-state index is 6.38. The van der Waals surface area contributed by atoms with E-state index in [1.165, 1.54) is 30.5 Å². The summed E-state index contributed by atoms with van der Waals surface area (Å²) in [5.41, 5.74) is 0. The van der Waals surface area contributed by atoms with Crippen molar-refractivity contribution in [2.45, 2.75) is 31.1 Å². The van der Waals surface area contributed by atoms with Gasteiger partial charge in [-0.05, 0) is 43.4 Å². The highest BCUT2D eigenvalue weighted by Crippen LogP contribution is 2.54. The van der Waals surface area contributed by atoms with E-state index in [0.29, 0.717) is 11.3 Å². The van der Waals surface area contributed by atoms with E-state index in [2.05, 4.69) is 0 Å². The van der Waals surface area contributed by atoms with E-state index in [9.17, 15) is 0 Å². The van der Waals surface area contributed by atoms with Gasteiger partial charge in [0.1, 0.15) is 0 Å². The first-order chi connectivity index (χ1) is 5.75. The van der Waals surface area contributed by atoms with Gasteiger partial charge < -0.3 is 0 Å². The largest absolute Gasteiger partial charge is 0.122 e. The first-order valence-electron chi connectivity index (χ1n) is 4.93. The molecular weight excluding hydrogens is 188 g/mol. The van der Waals surface area contributed by atoms with Crippen molar-refractivity contribution in [2.75, 3.05) is 0 Å². The summed E-state index contributed by atoms with van der Waals surface area (Å²) < 4.78 is 0. The zero-order chi connectivity index (χ0) is 8.29. The van der Waals surface area contributed by atoms with Gasteiger partial charge in [0.2, 0.25) is 0 Å². The Morgan fingerprint density at radius 3 is 2.83 bits per heavy atom. The number of hydrogen-bond donors (Lipinski definition) is 0. The summed E-state index contributed by atoms with van der Waals surface area (Å²) in [5, 5.41) is 0.394. The topological polar surface area (TPSA) is 0 Å². The fourth-order valence-electron chi connectivity index (χ4n) is 3.56. The van der Waals surface area contributed by atoms with E-state index in [0.717, 1.165) is 17.8 Å². The highest BCUT2D eigenvalue weighted by atomic mass is 35.5. The lowest BCUT2D eigenvalue weighted by atomic mass is 9.56. The van der Waals surface area contributed by atoms with Gasteiger partial charge in [0.05, 0.1) is 0 Å². The molecule has 4 aliphatic carbocycles. The van der Waals surface area contributed by atoms with Crippen molar-refractivity contribution in [3.8, 4) is 0 Å². The number of halogens is 1. The molecule has 0 N–H and O–H groups in total. The molecule has 4 bridgehead atoms. The summed E-state index contributed by atoms with van der Waals surface area (Å²) in [6.07, 6.45) is 5.39. The van der Waals surface area contributed by atoms with Crippen molar-refractivity contribution in [1.29, 1.82) is 0 Å². The van der Waals surface area contributed by atoms with Crippen molar-refractivity contribution in [3.05, 3.63) is 0 Å². The molecule has 0 aromatic carbocycles. The maximum atomic E-state index is 6.38. The van der Waals surface area contributed by atoms with Gasteiger partial charge in [0, 0.05) is 16.2 Å². The number of hydrogen-bond acceptors (Lipinski definition) is 1. The first kappa shape index (κ1) is 7.75. The van der Waals surface area contributed by atoms with Crippen LogP contribution in [0.15, 0.2) is 0 Å². The van der Waals surface area contributed by atoms with E-state index in [1.54, 1.807) is 0 Å². The minimum atomic E-state index is 0.394. The summed E-state index contributed by atoms with van der Waals surface area (Å²) in [6.45, 7) is 0. The van der Waals surface area contributed by atoms with Crippen molar-refractivity contribution in [3.63, 3.8) is 0 Å². The Balaban J connectivity index is 1.98. The molecule has 0 amide bonds. The zero-order valence-corrected chi connectivity index (χ0v) is 8.57. The average molecular weight is 201 g/mol. The lowest BCUT2D eigenvalue weighted by molar-refractivity contribution is 0.116. The van der Waals surface area contributed by atoms with E-state index in [1.807, 2.05) is 0 Å². The van der Waals surface area contributed by atoms with Crippen LogP contribution in [0.4, 0.5) is 0 Å². The quantitative estimate of drug-likeness (QED) is 0.428. The second-order valence-electron chi connectivity index (χ2n) is 4.72. The van der Waals surface area contributed by atoms with Crippen molar-refractivity contribution >= 4 is 28.7 Å². The Labute approximate surface area is 83.7 Å². The third kappa shape index (κ3) is 0.871. The molecule has 66 valence electrons. The predicted octanol–water partition coefficient (Wildman–Crippen LogP) is 3.03. The van der Waals surface area contributed by atoms with Crippen LogP contribution >= 0.6 is 23.8 Å². The fourth-order valence-corrected chi connectivity index (χ4v) is 4.52. The molecule has 4 rings (SSSR count). The fraction of sp³-hybridized carbons (Fsp3) is 0.900. The molecule has 5 atom stereocenters. The van der Waals surface area contributed by atoms with Crippen molar-refractivity contribution in [1.82, 2.24) is 0 Å². The van der Waals surface area contributed by atoms with E-state index in [4.69, 9.17) is 23.8 Å². The summed E-state index contributed by atoms with van der Waals surface area (Å²) in [4.78, 5) is 1.32. The monoisotopic (exact) mass is 200 g/mol. The van der Waals surface area contributed by atoms with E-state index in [-0.39, 0.29) is 0 Å². The average Bonchev–Trinajstić information content (AvgIpc) is 2.07. The summed E-state index contributed by atoms with van der Waals surface area (Å²) in [7, 11) is 0. The van der Waals surface area contributed by atoms with Gasteiger partial charge in [-0.3, -0.25) is 0 Å². The van der Waals surface area contributed by atoms with Gasteiger partial charge in [-0.2, -0.15) is 0 Å². The van der Waals surface area contributed by atoms with Crippen LogP contribution in [0.3, 0.4) is 0 Å². The van der Waals surface area contributed by atoms with Crippen LogP contribution in [-0.4, -0.2) is 10.2 Å². The molecule has 0 aromatic heterocycles. The lowest BCUT2D eigenvalue weighted by Crippen LogP contribution is -2.51. The minimum absolute atomic E-state index is 0.394. The zero-order valence-electron chi connectivity index (χ0n) is 7.00. The Morgan fingerprint density at radius 2 is 2.00 bits per heavy atom. The molecule has 0 saturated heterocycles. The van der Waals surface area contributed by atoms with Crippen LogP contribution in [0.1, 0.15) is 25.7 Å². The van der Waals surface area contributed by atoms with Crippen LogP contribution in [0.5, 0.6) is 0 Å². The Morgan fingerprint density at radius 1 is 1.17 bits per heavy atom. The number of thiocarbonyl (C=S) groups is 1. The molecule has 4 aliphatic rings. The molecule has 0 heterocycles. The van der Waals surface area contributed by atoms with Gasteiger partial charge in [-0.1, -0.05) is 12.2 Å². The van der Waals surface area contributed by atoms with Gasteiger partial charge in [0.15, 0.2) is 0 Å². The van der Waals surface area contributed by atoms with Crippen molar-refractivity contribution < 1.29 is 0 Å². The van der Waals surface area contributed by atoms with Crippen LogP contribution in [0.25, 0.3) is 0 Å². The Bertz CT molecular complexity index is 238. The molecule has 2 heteroatoms. The molecule has 4 fully saturated rings. The SMILES string of the molecule is S=C1C2CC3CC(C2)[C@@H](Cl)C1C3.